The van der Waals surface area contributed by atoms with E-state index in [1.165, 1.54) is 13.0 Å². The maximum Gasteiger partial charge on any atom is 0.335 e. The van der Waals surface area contributed by atoms with Crippen LogP contribution in [0.15, 0.2) is 21.5 Å². The average Bonchev–Trinajstić information content (AvgIpc) is 2.30. The minimum absolute atomic E-state index is 0.136. The predicted molar refractivity (Wildman–Crippen MR) is 68.1 cm³/mol. The van der Waals surface area contributed by atoms with E-state index in [-0.39, 0.29) is 10.5 Å². The Kier molecular flexibility index (Phi) is 4.14. The van der Waals surface area contributed by atoms with Crippen LogP contribution in [0.25, 0.3) is 0 Å². The molecule has 0 fully saturated rings. The molecule has 1 aromatic carbocycles. The summed E-state index contributed by atoms with van der Waals surface area (Å²) >= 11 is 3.12. The second-order valence-corrected chi connectivity index (χ2v) is 6.79. The van der Waals surface area contributed by atoms with Gasteiger partial charge in [0.1, 0.15) is 5.25 Å². The Morgan fingerprint density at radius 3 is 2.50 bits per heavy atom. The molecule has 5 nitrogen and oxygen atoms in total. The molecule has 0 aromatic heterocycles. The molecule has 0 spiro atoms. The largest absolute Gasteiger partial charge is 0.478 e. The molecule has 0 saturated heterocycles. The van der Waals surface area contributed by atoms with E-state index in [0.29, 0.717) is 10.0 Å². The Labute approximate surface area is 113 Å². The highest BCUT2D eigenvalue weighted by atomic mass is 79.9. The molecule has 1 aromatic rings. The molecule has 0 aliphatic rings. The van der Waals surface area contributed by atoms with Crippen LogP contribution in [-0.2, 0) is 9.84 Å². The molecule has 1 N–H and O–H groups in total. The lowest BCUT2D eigenvalue weighted by Crippen LogP contribution is -2.18. The summed E-state index contributed by atoms with van der Waals surface area (Å²) in [5.74, 6) is -1.23. The highest BCUT2D eigenvalue weighted by Gasteiger charge is 2.27. The second kappa shape index (κ2) is 5.08. The molecule has 1 rings (SSSR count). The van der Waals surface area contributed by atoms with E-state index in [1.807, 2.05) is 0 Å². The highest BCUT2D eigenvalue weighted by molar-refractivity contribution is 9.10. The van der Waals surface area contributed by atoms with Gasteiger partial charge < -0.3 is 5.11 Å². The Bertz CT molecular complexity index is 646. The van der Waals surface area contributed by atoms with E-state index >= 15 is 0 Å². The summed E-state index contributed by atoms with van der Waals surface area (Å²) in [5, 5.41) is 16.4. The van der Waals surface area contributed by atoms with Crippen molar-refractivity contribution in [3.8, 4) is 6.07 Å². The highest BCUT2D eigenvalue weighted by Crippen LogP contribution is 2.28. The van der Waals surface area contributed by atoms with Crippen LogP contribution in [0.1, 0.15) is 22.8 Å². The summed E-state index contributed by atoms with van der Waals surface area (Å²) in [6.07, 6.45) is 0. The monoisotopic (exact) mass is 331 g/mol. The van der Waals surface area contributed by atoms with Crippen LogP contribution in [0.3, 0.4) is 0 Å². The molecule has 0 aliphatic heterocycles. The summed E-state index contributed by atoms with van der Waals surface area (Å²) in [4.78, 5) is 10.8. The number of benzene rings is 1. The van der Waals surface area contributed by atoms with Gasteiger partial charge >= 0.3 is 5.97 Å². The molecule has 1 unspecified atom stereocenters. The SMILES string of the molecule is Cc1c(Br)cc(C(=O)O)cc1S(=O)(=O)C(C)C#N. The van der Waals surface area contributed by atoms with Gasteiger partial charge in [0.25, 0.3) is 0 Å². The quantitative estimate of drug-likeness (QED) is 0.915. The smallest absolute Gasteiger partial charge is 0.335 e. The van der Waals surface area contributed by atoms with Crippen molar-refractivity contribution in [2.24, 2.45) is 0 Å². The van der Waals surface area contributed by atoms with Crippen LogP contribution in [0.2, 0.25) is 0 Å². The fraction of sp³-hybridized carbons (Fsp3) is 0.273. The van der Waals surface area contributed by atoms with Crippen molar-refractivity contribution in [1.82, 2.24) is 0 Å². The number of nitriles is 1. The van der Waals surface area contributed by atoms with Crippen molar-refractivity contribution in [2.45, 2.75) is 24.0 Å². The molecular formula is C11H10BrNO4S. The van der Waals surface area contributed by atoms with Crippen molar-refractivity contribution in [3.05, 3.63) is 27.7 Å². The molecule has 0 bridgehead atoms. The second-order valence-electron chi connectivity index (χ2n) is 3.70. The molecule has 0 heterocycles. The van der Waals surface area contributed by atoms with Gasteiger partial charge in [-0.25, -0.2) is 13.2 Å². The number of carboxylic acid groups (broad SMARTS) is 1. The fourth-order valence-corrected chi connectivity index (χ4v) is 3.27. The molecule has 1 atom stereocenters. The number of aromatic carboxylic acids is 1. The van der Waals surface area contributed by atoms with Crippen molar-refractivity contribution in [1.29, 1.82) is 5.26 Å². The maximum absolute atomic E-state index is 12.1. The van der Waals surface area contributed by atoms with E-state index in [1.54, 1.807) is 13.0 Å². The van der Waals surface area contributed by atoms with Crippen molar-refractivity contribution < 1.29 is 18.3 Å². The summed E-state index contributed by atoms with van der Waals surface area (Å²) in [6, 6.07) is 4.05. The van der Waals surface area contributed by atoms with E-state index in [9.17, 15) is 13.2 Å². The minimum Gasteiger partial charge on any atom is -0.478 e. The van der Waals surface area contributed by atoms with Crippen LogP contribution in [-0.4, -0.2) is 24.7 Å². The zero-order valence-corrected chi connectivity index (χ0v) is 12.0. The molecule has 0 radical (unpaired) electrons. The first kappa shape index (κ1) is 14.7. The molecule has 18 heavy (non-hydrogen) atoms. The topological polar surface area (TPSA) is 95.2 Å². The van der Waals surface area contributed by atoms with Crippen LogP contribution in [0.4, 0.5) is 0 Å². The molecule has 96 valence electrons. The van der Waals surface area contributed by atoms with E-state index in [2.05, 4.69) is 15.9 Å². The Balaban J connectivity index is 3.61. The number of rotatable bonds is 3. The number of hydrogen-bond acceptors (Lipinski definition) is 4. The first-order valence-corrected chi connectivity index (χ1v) is 7.22. The van der Waals surface area contributed by atoms with Gasteiger partial charge in [0.15, 0.2) is 9.84 Å². The molecular weight excluding hydrogens is 322 g/mol. The number of carboxylic acids is 1. The Hall–Kier alpha value is -1.39. The van der Waals surface area contributed by atoms with Crippen LogP contribution in [0, 0.1) is 18.3 Å². The molecule has 0 amide bonds. The lowest BCUT2D eigenvalue weighted by Gasteiger charge is -2.11. The summed E-state index contributed by atoms with van der Waals surface area (Å²) in [6.45, 7) is 2.81. The van der Waals surface area contributed by atoms with Gasteiger partial charge in [0.05, 0.1) is 16.5 Å². The van der Waals surface area contributed by atoms with Gasteiger partial charge in [-0.2, -0.15) is 5.26 Å². The number of hydrogen-bond donors (Lipinski definition) is 1. The number of nitrogens with zero attached hydrogens (tertiary/aromatic N) is 1. The lowest BCUT2D eigenvalue weighted by molar-refractivity contribution is 0.0696. The third kappa shape index (κ3) is 2.54. The summed E-state index contributed by atoms with van der Waals surface area (Å²) in [7, 11) is -3.85. The van der Waals surface area contributed by atoms with Crippen molar-refractivity contribution in [3.63, 3.8) is 0 Å². The predicted octanol–water partition coefficient (Wildman–Crippen LogP) is 2.14. The minimum atomic E-state index is -3.85. The Morgan fingerprint density at radius 2 is 2.06 bits per heavy atom. The van der Waals surface area contributed by atoms with Gasteiger partial charge in [0.2, 0.25) is 0 Å². The third-order valence-electron chi connectivity index (χ3n) is 2.50. The first-order chi connectivity index (χ1) is 8.21. The molecule has 0 aliphatic carbocycles. The zero-order valence-electron chi connectivity index (χ0n) is 9.64. The van der Waals surface area contributed by atoms with Crippen LogP contribution >= 0.6 is 15.9 Å². The average molecular weight is 332 g/mol. The first-order valence-electron chi connectivity index (χ1n) is 4.88. The van der Waals surface area contributed by atoms with E-state index in [0.717, 1.165) is 6.07 Å². The standard InChI is InChI=1S/C11H10BrNO4S/c1-6(5-13)18(16,17)10-4-8(11(14)15)3-9(12)7(10)2/h3-4,6H,1-2H3,(H,14,15). The third-order valence-corrected chi connectivity index (χ3v) is 5.39. The normalized spacial score (nSPS) is 12.8. The van der Waals surface area contributed by atoms with Gasteiger partial charge in [-0.3, -0.25) is 0 Å². The fourth-order valence-electron chi connectivity index (χ4n) is 1.33. The lowest BCUT2D eigenvalue weighted by atomic mass is 10.1. The van der Waals surface area contributed by atoms with Crippen LogP contribution in [0.5, 0.6) is 0 Å². The van der Waals surface area contributed by atoms with E-state index in [4.69, 9.17) is 10.4 Å². The number of carbonyl (C=O) groups is 1. The molecule has 0 saturated carbocycles. The van der Waals surface area contributed by atoms with Gasteiger partial charge in [-0.15, -0.1) is 0 Å². The number of halogens is 1. The Morgan fingerprint density at radius 1 is 1.50 bits per heavy atom. The van der Waals surface area contributed by atoms with Gasteiger partial charge in [0, 0.05) is 4.47 Å². The summed E-state index contributed by atoms with van der Waals surface area (Å²) in [5.41, 5.74) is 0.248. The van der Waals surface area contributed by atoms with Crippen molar-refractivity contribution in [2.75, 3.05) is 0 Å². The van der Waals surface area contributed by atoms with Crippen molar-refractivity contribution >= 4 is 31.7 Å². The summed E-state index contributed by atoms with van der Waals surface area (Å²) < 4.78 is 24.5. The zero-order chi connectivity index (χ0) is 14.1. The number of sulfone groups is 1. The van der Waals surface area contributed by atoms with E-state index < -0.39 is 21.1 Å². The van der Waals surface area contributed by atoms with Gasteiger partial charge in [-0.1, -0.05) is 15.9 Å². The molecule has 7 heteroatoms. The maximum atomic E-state index is 12.1. The van der Waals surface area contributed by atoms with Gasteiger partial charge in [-0.05, 0) is 31.5 Å². The van der Waals surface area contributed by atoms with Crippen LogP contribution < -0.4 is 0 Å².